The molecule has 2 aromatic carbocycles. The third-order valence-corrected chi connectivity index (χ3v) is 14.1. The highest BCUT2D eigenvalue weighted by molar-refractivity contribution is 7.85. The Hall–Kier alpha value is -6.35. The first kappa shape index (κ1) is 61.5. The molecule has 3 fully saturated rings. The van der Waals surface area contributed by atoms with Crippen LogP contribution in [0, 0.1) is 16.7 Å². The van der Waals surface area contributed by atoms with Gasteiger partial charge in [-0.1, -0.05) is 62.4 Å². The van der Waals surface area contributed by atoms with Crippen molar-refractivity contribution in [2.45, 2.75) is 147 Å². The van der Waals surface area contributed by atoms with Gasteiger partial charge in [0.15, 0.2) is 18.0 Å². The first-order chi connectivity index (χ1) is 35.6. The van der Waals surface area contributed by atoms with E-state index in [1.807, 2.05) is 0 Å². The molecule has 25 heteroatoms. The molecule has 0 spiro atoms. The molecule has 2 bridgehead atoms. The highest BCUT2D eigenvalue weighted by atomic mass is 32.2. The molecular weight excluding hydrogens is 1040 g/mol. The topological polar surface area (TPSA) is 364 Å². The second kappa shape index (κ2) is 23.7. The summed E-state index contributed by atoms with van der Waals surface area (Å²) >= 11 is 0. The molecule has 1 saturated heterocycles. The zero-order valence-electron chi connectivity index (χ0n) is 44.3. The molecule has 2 saturated carbocycles. The fourth-order valence-corrected chi connectivity index (χ4v) is 10.5. The third-order valence-electron chi connectivity index (χ3n) is 14.1. The number of aliphatic hydroxyl groups excluding tert-OH is 2. The van der Waals surface area contributed by atoms with Crippen molar-refractivity contribution in [1.29, 1.82) is 0 Å². The summed E-state index contributed by atoms with van der Waals surface area (Å²) in [7, 11) is -3.67. The number of alkyl carbamates (subject to hydrolysis) is 1. The fourth-order valence-electron chi connectivity index (χ4n) is 10.5. The van der Waals surface area contributed by atoms with Crippen molar-refractivity contribution >= 4 is 57.8 Å². The minimum absolute atomic E-state index is 0.0145. The number of esters is 6. The average Bonchev–Trinajstić information content (AvgIpc) is 3.32. The van der Waals surface area contributed by atoms with E-state index in [1.54, 1.807) is 57.2 Å². The number of hydrogen-bond acceptors (Lipinski definition) is 22. The van der Waals surface area contributed by atoms with E-state index in [1.165, 1.54) is 58.9 Å². The van der Waals surface area contributed by atoms with Gasteiger partial charge in [0.05, 0.1) is 48.9 Å². The molecule has 1 aliphatic heterocycles. The van der Waals surface area contributed by atoms with Gasteiger partial charge in [0.2, 0.25) is 6.10 Å². The van der Waals surface area contributed by atoms with Crippen LogP contribution in [0.1, 0.15) is 104 Å². The summed E-state index contributed by atoms with van der Waals surface area (Å²) < 4.78 is 71.4. The standard InChI is InChI=1S/C51H64N2O19.CH4O3S/c1-10-65-44(61)30(52)21-34(56)66-24-35(57)69-39(37(28-17-13-11-14-18-28)53-46(63)72-47(4,5)6)45(62)68-31-23-51(64)42(70-43(60)29-19-15-12-16-20-29)40-49(9,41(59)38(58)36(26(31)2)48(51,7)8)32(55)22-33-50(40,25-67-33)71-27(3)54;1-5(2,3)4/h11-20,30-33,37-40,42,55,58,64H,10,21-25,52H2,1-9H3,(H,53,63);1H3,(H,2,3,4)/t30-,31-,32-,33+,37?,38+,39?,40-,42-,49+,50-,51+;/m0./s1. The molecule has 24 nitrogen and oxygen atoms in total. The van der Waals surface area contributed by atoms with Crippen molar-refractivity contribution in [2.75, 3.05) is 26.1 Å². The molecule has 7 N–H and O–H groups in total. The van der Waals surface area contributed by atoms with Crippen LogP contribution in [0.4, 0.5) is 4.79 Å². The number of ketones is 1. The van der Waals surface area contributed by atoms with Crippen LogP contribution in [0.2, 0.25) is 0 Å². The summed E-state index contributed by atoms with van der Waals surface area (Å²) in [5.41, 5.74) is -3.49. The van der Waals surface area contributed by atoms with Gasteiger partial charge in [-0.3, -0.25) is 23.7 Å². The summed E-state index contributed by atoms with van der Waals surface area (Å²) in [6.07, 6.45) is -12.5. The number of aliphatic hydroxyl groups is 3. The molecule has 1 amide bonds. The largest absolute Gasteiger partial charge is 0.465 e. The Kier molecular flexibility index (Phi) is 18.9. The van der Waals surface area contributed by atoms with E-state index in [9.17, 15) is 52.5 Å². The van der Waals surface area contributed by atoms with Crippen molar-refractivity contribution in [1.82, 2.24) is 5.32 Å². The van der Waals surface area contributed by atoms with E-state index in [-0.39, 0.29) is 41.9 Å². The first-order valence-corrected chi connectivity index (χ1v) is 26.3. The van der Waals surface area contributed by atoms with E-state index < -0.39 is 160 Å². The molecule has 2 aromatic rings. The first-order valence-electron chi connectivity index (χ1n) is 24.5. The van der Waals surface area contributed by atoms with Crippen LogP contribution in [0.15, 0.2) is 71.8 Å². The van der Waals surface area contributed by atoms with Crippen LogP contribution >= 0.6 is 0 Å². The summed E-state index contributed by atoms with van der Waals surface area (Å²) in [6.45, 7) is 11.6. The number of Topliss-reactive ketones (excluding diaryl/α,β-unsaturated/α-hetero) is 1. The molecule has 6 rings (SSSR count). The van der Waals surface area contributed by atoms with Gasteiger partial charge in [0.25, 0.3) is 10.1 Å². The molecular formula is C52H68N2O22S. The van der Waals surface area contributed by atoms with Crippen molar-refractivity contribution in [3.63, 3.8) is 0 Å². The summed E-state index contributed by atoms with van der Waals surface area (Å²) in [5.74, 6) is -9.18. The smallest absolute Gasteiger partial charge is 0.408 e. The van der Waals surface area contributed by atoms with Gasteiger partial charge in [-0.05, 0) is 70.4 Å². The fraction of sp³-hybridized carbons (Fsp3) is 0.577. The Morgan fingerprint density at radius 2 is 1.49 bits per heavy atom. The SMILES string of the molecule is CCOC(=O)[C@@H](N)CC(=O)OCC(=O)OC(C(=O)O[C@H]1C[C@@]2(O)[C@@H](OC(=O)c3ccccc3)[C@@H]3[C@]4(OC(C)=O)CO[C@@H]4C[C@H](O)[C@@]3(C)C(=O)[C@H](O)C(=C1C)C2(C)C)C(NC(=O)OC(C)(C)C)c1ccccc1.CS(=O)(=O)O. The van der Waals surface area contributed by atoms with E-state index in [2.05, 4.69) is 5.32 Å². The van der Waals surface area contributed by atoms with E-state index >= 15 is 9.59 Å². The van der Waals surface area contributed by atoms with Gasteiger partial charge in [0.1, 0.15) is 47.7 Å². The van der Waals surface area contributed by atoms with Gasteiger partial charge in [-0.2, -0.15) is 8.42 Å². The predicted octanol–water partition coefficient (Wildman–Crippen LogP) is 2.14. The summed E-state index contributed by atoms with van der Waals surface area (Å²) in [5, 5.41) is 40.7. The zero-order valence-corrected chi connectivity index (χ0v) is 45.2. The van der Waals surface area contributed by atoms with Gasteiger partial charge >= 0.3 is 41.9 Å². The average molecular weight is 1110 g/mol. The lowest BCUT2D eigenvalue weighted by Crippen LogP contribution is -2.81. The molecule has 4 aliphatic rings. The number of fused-ring (bicyclic) bond motifs is 5. The lowest BCUT2D eigenvalue weighted by Gasteiger charge is -2.67. The predicted molar refractivity (Wildman–Crippen MR) is 265 cm³/mol. The minimum Gasteiger partial charge on any atom is -0.465 e. The number of rotatable bonds is 15. The number of benzene rings is 2. The van der Waals surface area contributed by atoms with Crippen LogP contribution in [0.3, 0.4) is 0 Å². The molecule has 1 heterocycles. The lowest BCUT2D eigenvalue weighted by atomic mass is 9.44. The Morgan fingerprint density at radius 1 is 0.909 bits per heavy atom. The highest BCUT2D eigenvalue weighted by Gasteiger charge is 2.78. The number of carbonyl (C=O) groups is 8. The molecule has 12 atom stereocenters. The molecule has 77 heavy (non-hydrogen) atoms. The quantitative estimate of drug-likeness (QED) is 0.0644. The Balaban J connectivity index is 0.00000209. The maximum absolute atomic E-state index is 15.2. The molecule has 2 unspecified atom stereocenters. The van der Waals surface area contributed by atoms with E-state index in [0.29, 0.717) is 6.26 Å². The number of carbonyl (C=O) groups excluding carboxylic acids is 8. The summed E-state index contributed by atoms with van der Waals surface area (Å²) in [6, 6.07) is 12.4. The number of hydrogen-bond donors (Lipinski definition) is 6. The maximum atomic E-state index is 15.2. The van der Waals surface area contributed by atoms with Gasteiger partial charge < -0.3 is 64.3 Å². The van der Waals surface area contributed by atoms with Crippen molar-refractivity contribution in [3.05, 3.63) is 82.9 Å². The number of nitrogens with two attached hydrogens (primary N) is 1. The second-order valence-corrected chi connectivity index (χ2v) is 22.5. The van der Waals surface area contributed by atoms with Crippen LogP contribution < -0.4 is 11.1 Å². The van der Waals surface area contributed by atoms with Crippen LogP contribution in [0.25, 0.3) is 0 Å². The number of ether oxygens (including phenoxy) is 8. The van der Waals surface area contributed by atoms with Crippen LogP contribution in [-0.4, -0.2) is 162 Å². The third kappa shape index (κ3) is 13.5. The summed E-state index contributed by atoms with van der Waals surface area (Å²) in [4.78, 5) is 109. The van der Waals surface area contributed by atoms with Crippen LogP contribution in [0.5, 0.6) is 0 Å². The molecule has 0 radical (unpaired) electrons. The van der Waals surface area contributed by atoms with Crippen LogP contribution in [-0.2, 0) is 76.8 Å². The second-order valence-electron chi connectivity index (χ2n) is 21.0. The Morgan fingerprint density at radius 3 is 2.03 bits per heavy atom. The monoisotopic (exact) mass is 1100 g/mol. The molecule has 0 aromatic heterocycles. The minimum atomic E-state index is -3.67. The Bertz CT molecular complexity index is 2700. The zero-order chi connectivity index (χ0) is 57.8. The van der Waals surface area contributed by atoms with Gasteiger partial charge in [-0.15, -0.1) is 0 Å². The van der Waals surface area contributed by atoms with Crippen molar-refractivity contribution in [2.24, 2.45) is 22.5 Å². The van der Waals surface area contributed by atoms with E-state index in [4.69, 9.17) is 48.2 Å². The van der Waals surface area contributed by atoms with Gasteiger partial charge in [0, 0.05) is 25.2 Å². The lowest BCUT2D eigenvalue weighted by molar-refractivity contribution is -0.346. The number of nitrogens with one attached hydrogen (secondary N) is 1. The number of amides is 1. The van der Waals surface area contributed by atoms with Gasteiger partial charge in [-0.25, -0.2) is 19.2 Å². The molecule has 3 aliphatic carbocycles. The normalized spacial score (nSPS) is 28.4. The Labute approximate surface area is 444 Å². The maximum Gasteiger partial charge on any atom is 0.408 e. The van der Waals surface area contributed by atoms with Crippen molar-refractivity contribution < 1.29 is 105 Å². The van der Waals surface area contributed by atoms with E-state index in [0.717, 1.165) is 6.92 Å². The van der Waals surface area contributed by atoms with Crippen molar-refractivity contribution in [3.8, 4) is 0 Å². The molecule has 424 valence electrons. The highest BCUT2D eigenvalue weighted by Crippen LogP contribution is 2.64.